The Morgan fingerprint density at radius 2 is 1.88 bits per heavy atom. The molecule has 0 radical (unpaired) electrons. The number of aromatic nitrogens is 1. The molecule has 8 heteroatoms. The van der Waals surface area contributed by atoms with Crippen LogP contribution in [0.5, 0.6) is 5.75 Å². The normalized spacial score (nSPS) is 14.0. The second kappa shape index (κ2) is 9.77. The number of nitrogens with zero attached hydrogens (tertiary/aromatic N) is 2. The third kappa shape index (κ3) is 4.99. The molecule has 0 saturated carbocycles. The Hall–Kier alpha value is -2.80. The number of pyridine rings is 1. The number of fused-ring (bicyclic) bond motifs is 1. The summed E-state index contributed by atoms with van der Waals surface area (Å²) in [5.41, 5.74) is 9.85. The predicted molar refractivity (Wildman–Crippen MR) is 126 cm³/mol. The summed E-state index contributed by atoms with van der Waals surface area (Å²) < 4.78 is 5.98. The number of hydrogen-bond acceptors (Lipinski definition) is 5. The number of anilines is 1. The van der Waals surface area contributed by atoms with Gasteiger partial charge >= 0.3 is 5.97 Å². The molecular weight excluding hydrogens is 449 g/mol. The van der Waals surface area contributed by atoms with Gasteiger partial charge in [-0.05, 0) is 47.7 Å². The van der Waals surface area contributed by atoms with Crippen molar-refractivity contribution in [1.82, 2.24) is 4.98 Å². The van der Waals surface area contributed by atoms with E-state index in [1.807, 2.05) is 12.1 Å². The molecular formula is C24H23Cl2N3O3. The number of rotatable bonds is 7. The lowest BCUT2D eigenvalue weighted by Gasteiger charge is -2.31. The summed E-state index contributed by atoms with van der Waals surface area (Å²) in [7, 11) is 0. The van der Waals surface area contributed by atoms with Gasteiger partial charge < -0.3 is 20.5 Å². The molecule has 3 N–H and O–H groups in total. The Morgan fingerprint density at radius 3 is 2.59 bits per heavy atom. The summed E-state index contributed by atoms with van der Waals surface area (Å²) >= 11 is 12.8. The summed E-state index contributed by atoms with van der Waals surface area (Å²) in [4.78, 5) is 17.9. The summed E-state index contributed by atoms with van der Waals surface area (Å²) in [6.45, 7) is 1.91. The van der Waals surface area contributed by atoms with Gasteiger partial charge in [0.15, 0.2) is 5.75 Å². The van der Waals surface area contributed by atoms with Crippen molar-refractivity contribution in [2.75, 3.05) is 11.4 Å². The van der Waals surface area contributed by atoms with Crippen molar-refractivity contribution in [3.05, 3.63) is 87.0 Å². The molecule has 0 amide bonds. The SMILES string of the molecule is NC(Cc1cc(Cl)c(OCc2cccnc2N2CCc3ccccc3C2)c(Cl)c1)C(=O)O. The van der Waals surface area contributed by atoms with Crippen LogP contribution in [0.3, 0.4) is 0 Å². The van der Waals surface area contributed by atoms with Crippen LogP contribution in [0.25, 0.3) is 0 Å². The van der Waals surface area contributed by atoms with Crippen LogP contribution >= 0.6 is 23.2 Å². The van der Waals surface area contributed by atoms with Crippen molar-refractivity contribution in [1.29, 1.82) is 0 Å². The first-order valence-electron chi connectivity index (χ1n) is 10.3. The average molecular weight is 472 g/mol. The first-order valence-corrected chi connectivity index (χ1v) is 11.0. The first kappa shape index (κ1) is 22.4. The van der Waals surface area contributed by atoms with Crippen LogP contribution in [0.2, 0.25) is 10.0 Å². The van der Waals surface area contributed by atoms with E-state index in [1.54, 1.807) is 18.3 Å². The van der Waals surface area contributed by atoms with Crippen LogP contribution in [0.4, 0.5) is 5.82 Å². The zero-order valence-corrected chi connectivity index (χ0v) is 18.8. The Morgan fingerprint density at radius 1 is 1.16 bits per heavy atom. The molecule has 0 fully saturated rings. The highest BCUT2D eigenvalue weighted by Crippen LogP contribution is 2.36. The van der Waals surface area contributed by atoms with Crippen molar-refractivity contribution in [2.45, 2.75) is 32.0 Å². The van der Waals surface area contributed by atoms with Crippen LogP contribution in [0.1, 0.15) is 22.3 Å². The number of ether oxygens (including phenoxy) is 1. The zero-order valence-electron chi connectivity index (χ0n) is 17.3. The van der Waals surface area contributed by atoms with E-state index in [0.29, 0.717) is 21.4 Å². The van der Waals surface area contributed by atoms with E-state index in [0.717, 1.165) is 30.9 Å². The van der Waals surface area contributed by atoms with Gasteiger partial charge in [0.25, 0.3) is 0 Å². The van der Waals surface area contributed by atoms with E-state index in [1.165, 1.54) is 11.1 Å². The van der Waals surface area contributed by atoms with E-state index in [4.69, 9.17) is 38.8 Å². The smallest absolute Gasteiger partial charge is 0.320 e. The lowest BCUT2D eigenvalue weighted by atomic mass is 9.99. The number of nitrogens with two attached hydrogens (primary N) is 1. The van der Waals surface area contributed by atoms with Gasteiger partial charge in [-0.1, -0.05) is 53.5 Å². The van der Waals surface area contributed by atoms with Crippen molar-refractivity contribution in [2.24, 2.45) is 5.73 Å². The second-order valence-electron chi connectivity index (χ2n) is 7.75. The highest BCUT2D eigenvalue weighted by atomic mass is 35.5. The van der Waals surface area contributed by atoms with Gasteiger partial charge in [0.1, 0.15) is 18.5 Å². The maximum absolute atomic E-state index is 11.0. The number of hydrogen-bond donors (Lipinski definition) is 2. The molecule has 0 spiro atoms. The number of benzene rings is 2. The van der Waals surface area contributed by atoms with Gasteiger partial charge in [0.2, 0.25) is 0 Å². The number of aliphatic carboxylic acids is 1. The molecule has 0 bridgehead atoms. The van der Waals surface area contributed by atoms with Gasteiger partial charge in [0, 0.05) is 24.8 Å². The fourth-order valence-corrected chi connectivity index (χ4v) is 4.50. The maximum atomic E-state index is 11.0. The minimum atomic E-state index is -1.08. The highest BCUT2D eigenvalue weighted by Gasteiger charge is 2.20. The molecule has 1 atom stereocenters. The molecule has 4 rings (SSSR count). The van der Waals surface area contributed by atoms with Crippen LogP contribution < -0.4 is 15.4 Å². The Balaban J connectivity index is 1.50. The first-order chi connectivity index (χ1) is 15.4. The molecule has 1 aliphatic heterocycles. The van der Waals surface area contributed by atoms with E-state index >= 15 is 0 Å². The molecule has 6 nitrogen and oxygen atoms in total. The van der Waals surface area contributed by atoms with E-state index in [-0.39, 0.29) is 13.0 Å². The summed E-state index contributed by atoms with van der Waals surface area (Å²) in [5.74, 6) is 0.139. The monoisotopic (exact) mass is 471 g/mol. The molecule has 1 aliphatic rings. The number of carboxylic acids is 1. The quantitative estimate of drug-likeness (QED) is 0.527. The summed E-state index contributed by atoms with van der Waals surface area (Å²) in [6, 6.07) is 14.6. The maximum Gasteiger partial charge on any atom is 0.320 e. The summed E-state index contributed by atoms with van der Waals surface area (Å²) in [6.07, 6.45) is 2.86. The molecule has 0 saturated heterocycles. The van der Waals surface area contributed by atoms with Crippen molar-refractivity contribution in [3.63, 3.8) is 0 Å². The Labute approximate surface area is 196 Å². The Bertz CT molecular complexity index is 1120. The molecule has 32 heavy (non-hydrogen) atoms. The Kier molecular flexibility index (Phi) is 6.84. The summed E-state index contributed by atoms with van der Waals surface area (Å²) in [5, 5.41) is 9.62. The predicted octanol–water partition coefficient (Wildman–Crippen LogP) is 4.48. The standard InChI is InChI=1S/C24H23Cl2N3O3/c25-19-10-15(12-21(27)24(30)31)11-20(26)22(19)32-14-18-6-3-8-28-23(18)29-9-7-16-4-1-2-5-17(16)13-29/h1-6,8,10-11,21H,7,9,12-14,27H2,(H,30,31). The lowest BCUT2D eigenvalue weighted by Crippen LogP contribution is -2.32. The van der Waals surface area contributed by atoms with E-state index in [2.05, 4.69) is 34.1 Å². The van der Waals surface area contributed by atoms with Crippen molar-refractivity contribution in [3.8, 4) is 5.75 Å². The topological polar surface area (TPSA) is 88.7 Å². The molecule has 166 valence electrons. The largest absolute Gasteiger partial charge is 0.486 e. The van der Waals surface area contributed by atoms with E-state index in [9.17, 15) is 4.79 Å². The van der Waals surface area contributed by atoms with Crippen LogP contribution in [-0.4, -0.2) is 28.6 Å². The third-order valence-electron chi connectivity index (χ3n) is 5.50. The fourth-order valence-electron chi connectivity index (χ4n) is 3.86. The third-order valence-corrected chi connectivity index (χ3v) is 6.06. The van der Waals surface area contributed by atoms with Crippen LogP contribution in [0, 0.1) is 0 Å². The van der Waals surface area contributed by atoms with Gasteiger partial charge in [0.05, 0.1) is 10.0 Å². The van der Waals surface area contributed by atoms with Crippen LogP contribution in [0.15, 0.2) is 54.7 Å². The van der Waals surface area contributed by atoms with Gasteiger partial charge in [-0.2, -0.15) is 0 Å². The average Bonchev–Trinajstić information content (AvgIpc) is 2.78. The van der Waals surface area contributed by atoms with Gasteiger partial charge in [-0.15, -0.1) is 0 Å². The molecule has 2 aromatic carbocycles. The second-order valence-corrected chi connectivity index (χ2v) is 8.57. The number of carbonyl (C=O) groups is 1. The van der Waals surface area contributed by atoms with E-state index < -0.39 is 12.0 Å². The van der Waals surface area contributed by atoms with Gasteiger partial charge in [-0.3, -0.25) is 4.79 Å². The zero-order chi connectivity index (χ0) is 22.7. The van der Waals surface area contributed by atoms with Crippen molar-refractivity contribution < 1.29 is 14.6 Å². The van der Waals surface area contributed by atoms with Gasteiger partial charge in [-0.25, -0.2) is 4.98 Å². The molecule has 0 aliphatic carbocycles. The number of carboxylic acid groups (broad SMARTS) is 1. The fraction of sp³-hybridized carbons (Fsp3) is 0.250. The number of halogens is 2. The molecule has 1 aromatic heterocycles. The van der Waals surface area contributed by atoms with Crippen molar-refractivity contribution >= 4 is 35.0 Å². The molecule has 1 unspecified atom stereocenters. The molecule has 3 aromatic rings. The highest BCUT2D eigenvalue weighted by molar-refractivity contribution is 6.37. The minimum Gasteiger partial charge on any atom is -0.486 e. The lowest BCUT2D eigenvalue weighted by molar-refractivity contribution is -0.138. The molecule has 2 heterocycles. The minimum absolute atomic E-state index is 0.123. The van der Waals surface area contributed by atoms with Crippen LogP contribution in [-0.2, 0) is 30.8 Å².